The number of hydroxylamine groups is 2. The summed E-state index contributed by atoms with van der Waals surface area (Å²) < 4.78 is 4.40. The molecule has 0 bridgehead atoms. The summed E-state index contributed by atoms with van der Waals surface area (Å²) in [5.74, 6) is -0.932. The molecule has 1 heterocycles. The molecule has 20 heavy (non-hydrogen) atoms. The molecule has 1 N–H and O–H groups in total. The van der Waals surface area contributed by atoms with E-state index in [0.717, 1.165) is 5.06 Å². The van der Waals surface area contributed by atoms with Crippen molar-refractivity contribution in [2.24, 2.45) is 0 Å². The highest BCUT2D eigenvalue weighted by Crippen LogP contribution is 2.22. The van der Waals surface area contributed by atoms with Gasteiger partial charge in [-0.15, -0.1) is 5.06 Å². The maximum absolute atomic E-state index is 11.9. The monoisotopic (exact) mass is 278 g/mol. The normalized spacial score (nSPS) is 13.3. The molecule has 0 unspecified atom stereocenters. The average Bonchev–Trinajstić information content (AvgIpc) is 2.71. The molecule has 0 aliphatic carbocycles. The lowest BCUT2D eigenvalue weighted by Crippen LogP contribution is -2.31. The van der Waals surface area contributed by atoms with E-state index in [9.17, 15) is 14.4 Å². The van der Waals surface area contributed by atoms with E-state index in [-0.39, 0.29) is 6.61 Å². The van der Waals surface area contributed by atoms with Gasteiger partial charge in [0.2, 0.25) is 0 Å². The Bertz CT molecular complexity index is 508. The third-order valence-corrected chi connectivity index (χ3v) is 2.75. The van der Waals surface area contributed by atoms with Crippen LogP contribution in [0.4, 0.5) is 4.79 Å². The Morgan fingerprint density at radius 3 is 2.35 bits per heavy atom. The van der Waals surface area contributed by atoms with E-state index in [1.54, 1.807) is 24.3 Å². The van der Waals surface area contributed by atoms with Gasteiger partial charge in [0.15, 0.2) is 0 Å². The van der Waals surface area contributed by atoms with Crippen LogP contribution >= 0.6 is 0 Å². The fourth-order valence-corrected chi connectivity index (χ4v) is 1.78. The number of fused-ring (bicyclic) bond motifs is 1. The molecule has 0 saturated carbocycles. The Labute approximate surface area is 115 Å². The first-order valence-electron chi connectivity index (χ1n) is 6.07. The number of alkyl carbamates (subject to hydrolysis) is 1. The lowest BCUT2D eigenvalue weighted by Gasteiger charge is -2.13. The minimum Gasteiger partial charge on any atom is -0.453 e. The quantitative estimate of drug-likeness (QED) is 0.640. The van der Waals surface area contributed by atoms with Gasteiger partial charge < -0.3 is 10.1 Å². The van der Waals surface area contributed by atoms with Crippen molar-refractivity contribution in [2.75, 3.05) is 20.3 Å². The lowest BCUT2D eigenvalue weighted by atomic mass is 10.1. The molecule has 7 nitrogen and oxygen atoms in total. The van der Waals surface area contributed by atoms with Crippen LogP contribution in [0.3, 0.4) is 0 Å². The molecule has 0 saturated heterocycles. The minimum absolute atomic E-state index is 0.134. The summed E-state index contributed by atoms with van der Waals surface area (Å²) in [5.41, 5.74) is 0.676. The van der Waals surface area contributed by atoms with Gasteiger partial charge in [-0.05, 0) is 18.6 Å². The van der Waals surface area contributed by atoms with E-state index in [0.29, 0.717) is 24.1 Å². The summed E-state index contributed by atoms with van der Waals surface area (Å²) in [6.07, 6.45) is -0.0894. The Morgan fingerprint density at radius 1 is 1.20 bits per heavy atom. The Balaban J connectivity index is 1.82. The Kier molecular flexibility index (Phi) is 4.31. The van der Waals surface area contributed by atoms with Crippen LogP contribution in [0.15, 0.2) is 24.3 Å². The van der Waals surface area contributed by atoms with Crippen LogP contribution in [-0.2, 0) is 9.57 Å². The number of carbonyl (C=O) groups is 3. The largest absolute Gasteiger partial charge is 0.453 e. The molecule has 106 valence electrons. The minimum atomic E-state index is -0.536. The molecule has 0 spiro atoms. The molecule has 0 radical (unpaired) electrons. The summed E-state index contributed by atoms with van der Waals surface area (Å²) in [6, 6.07) is 6.54. The number of methoxy groups -OCH3 is 1. The van der Waals surface area contributed by atoms with Gasteiger partial charge in [-0.25, -0.2) is 4.79 Å². The predicted octanol–water partition coefficient (Wildman–Crippen LogP) is 0.960. The van der Waals surface area contributed by atoms with Crippen molar-refractivity contribution < 1.29 is 24.0 Å². The smallest absolute Gasteiger partial charge is 0.406 e. The molecular weight excluding hydrogens is 264 g/mol. The molecular formula is C13H14N2O5. The maximum Gasteiger partial charge on any atom is 0.406 e. The molecule has 1 aromatic rings. The number of ether oxygens (including phenoxy) is 1. The summed E-state index contributed by atoms with van der Waals surface area (Å²) in [6.45, 7) is 0.464. The highest BCUT2D eigenvalue weighted by Gasteiger charge is 2.36. The zero-order chi connectivity index (χ0) is 14.5. The van der Waals surface area contributed by atoms with Crippen LogP contribution in [0.1, 0.15) is 27.1 Å². The number of amides is 3. The van der Waals surface area contributed by atoms with Crippen molar-refractivity contribution >= 4 is 17.9 Å². The fraction of sp³-hybridized carbons (Fsp3) is 0.308. The second kappa shape index (κ2) is 6.16. The molecule has 1 aliphatic heterocycles. The number of benzene rings is 1. The van der Waals surface area contributed by atoms with E-state index in [4.69, 9.17) is 4.84 Å². The molecule has 0 atom stereocenters. The standard InChI is InChI=1S/C13H14N2O5/c1-19-13(18)14-7-4-8-20-15-11(16)9-5-2-3-6-10(9)12(15)17/h2-3,5-6H,4,7-8H2,1H3,(H,14,18). The first-order valence-corrected chi connectivity index (χ1v) is 6.07. The van der Waals surface area contributed by atoms with Crippen LogP contribution < -0.4 is 5.32 Å². The van der Waals surface area contributed by atoms with Crippen molar-refractivity contribution in [1.82, 2.24) is 10.4 Å². The van der Waals surface area contributed by atoms with Crippen molar-refractivity contribution in [3.8, 4) is 0 Å². The molecule has 1 aromatic carbocycles. The van der Waals surface area contributed by atoms with Gasteiger partial charge in [-0.2, -0.15) is 0 Å². The SMILES string of the molecule is COC(=O)NCCCON1C(=O)c2ccccc2C1=O. The fourth-order valence-electron chi connectivity index (χ4n) is 1.78. The first-order chi connectivity index (χ1) is 9.65. The third kappa shape index (κ3) is 2.77. The second-order valence-corrected chi connectivity index (χ2v) is 4.06. The Hall–Kier alpha value is -2.41. The number of nitrogens with one attached hydrogen (secondary N) is 1. The number of carbonyl (C=O) groups excluding carboxylic acids is 3. The van der Waals surface area contributed by atoms with Gasteiger partial charge in [-0.1, -0.05) is 12.1 Å². The number of imide groups is 1. The van der Waals surface area contributed by atoms with Gasteiger partial charge in [0, 0.05) is 6.54 Å². The van der Waals surface area contributed by atoms with Crippen molar-refractivity contribution in [3.05, 3.63) is 35.4 Å². The van der Waals surface area contributed by atoms with Crippen molar-refractivity contribution in [1.29, 1.82) is 0 Å². The molecule has 3 amide bonds. The second-order valence-electron chi connectivity index (χ2n) is 4.06. The van der Waals surface area contributed by atoms with E-state index < -0.39 is 17.9 Å². The summed E-state index contributed by atoms with van der Waals surface area (Å²) in [7, 11) is 1.27. The van der Waals surface area contributed by atoms with E-state index >= 15 is 0 Å². The van der Waals surface area contributed by atoms with Crippen LogP contribution in [0, 0.1) is 0 Å². The van der Waals surface area contributed by atoms with Crippen LogP contribution in [0.25, 0.3) is 0 Å². The molecule has 7 heteroatoms. The van der Waals surface area contributed by atoms with E-state index in [1.165, 1.54) is 7.11 Å². The Morgan fingerprint density at radius 2 is 1.80 bits per heavy atom. The molecule has 2 rings (SSSR count). The predicted molar refractivity (Wildman–Crippen MR) is 67.9 cm³/mol. The molecule has 0 aromatic heterocycles. The highest BCUT2D eigenvalue weighted by molar-refractivity contribution is 6.20. The van der Waals surface area contributed by atoms with Crippen molar-refractivity contribution in [2.45, 2.75) is 6.42 Å². The van der Waals surface area contributed by atoms with Crippen LogP contribution in [0.5, 0.6) is 0 Å². The zero-order valence-corrected chi connectivity index (χ0v) is 10.9. The maximum atomic E-state index is 11.9. The number of nitrogens with zero attached hydrogens (tertiary/aromatic N) is 1. The van der Waals surface area contributed by atoms with Crippen LogP contribution in [0.2, 0.25) is 0 Å². The average molecular weight is 278 g/mol. The topological polar surface area (TPSA) is 84.9 Å². The van der Waals surface area contributed by atoms with Gasteiger partial charge >= 0.3 is 6.09 Å². The number of hydrogen-bond acceptors (Lipinski definition) is 5. The van der Waals surface area contributed by atoms with E-state index in [2.05, 4.69) is 10.1 Å². The first kappa shape index (κ1) is 14.0. The zero-order valence-electron chi connectivity index (χ0n) is 10.9. The van der Waals surface area contributed by atoms with Gasteiger partial charge in [0.25, 0.3) is 11.8 Å². The summed E-state index contributed by atoms with van der Waals surface area (Å²) in [5, 5.41) is 3.22. The third-order valence-electron chi connectivity index (χ3n) is 2.75. The van der Waals surface area contributed by atoms with Gasteiger partial charge in [0.05, 0.1) is 24.8 Å². The number of rotatable bonds is 5. The van der Waals surface area contributed by atoms with Crippen LogP contribution in [-0.4, -0.2) is 43.2 Å². The van der Waals surface area contributed by atoms with Crippen molar-refractivity contribution in [3.63, 3.8) is 0 Å². The summed E-state index contributed by atoms with van der Waals surface area (Å²) >= 11 is 0. The van der Waals surface area contributed by atoms with Gasteiger partial charge in [0.1, 0.15) is 0 Å². The lowest BCUT2D eigenvalue weighted by molar-refractivity contribution is -0.0916. The highest BCUT2D eigenvalue weighted by atomic mass is 16.7. The molecule has 0 fully saturated rings. The molecule has 1 aliphatic rings. The van der Waals surface area contributed by atoms with Gasteiger partial charge in [-0.3, -0.25) is 14.4 Å². The summed E-state index contributed by atoms with van der Waals surface area (Å²) in [4.78, 5) is 39.8. The van der Waals surface area contributed by atoms with E-state index in [1.807, 2.05) is 0 Å². The number of hydrogen-bond donors (Lipinski definition) is 1.